The van der Waals surface area contributed by atoms with Gasteiger partial charge in [-0.05, 0) is 98.1 Å². The first-order chi connectivity index (χ1) is 24.1. The van der Waals surface area contributed by atoms with Gasteiger partial charge in [-0.25, -0.2) is 0 Å². The molecule has 0 aliphatic heterocycles. The topological polar surface area (TPSA) is 57.2 Å². The van der Waals surface area contributed by atoms with Gasteiger partial charge in [-0.2, -0.15) is 0 Å². The Bertz CT molecular complexity index is 2040. The summed E-state index contributed by atoms with van der Waals surface area (Å²) in [7, 11) is 3.31. The summed E-state index contributed by atoms with van der Waals surface area (Å²) in [5, 5.41) is 19.0. The second-order valence-corrected chi connectivity index (χ2v) is 12.6. The van der Waals surface area contributed by atoms with Crippen LogP contribution in [0.1, 0.15) is 35.1 Å². The molecule has 1 unspecified atom stereocenters. The lowest BCUT2D eigenvalue weighted by Gasteiger charge is -2.36. The van der Waals surface area contributed by atoms with Gasteiger partial charge in [0.05, 0.1) is 27.4 Å². The van der Waals surface area contributed by atoms with Crippen molar-refractivity contribution in [3.8, 4) is 11.5 Å². The van der Waals surface area contributed by atoms with Crippen LogP contribution >= 0.6 is 0 Å². The Hall–Kier alpha value is -4.94. The van der Waals surface area contributed by atoms with E-state index in [1.54, 1.807) is 14.2 Å². The van der Waals surface area contributed by atoms with Crippen molar-refractivity contribution in [1.29, 1.82) is 0 Å². The van der Waals surface area contributed by atoms with Crippen molar-refractivity contribution in [2.24, 2.45) is 0 Å². The van der Waals surface area contributed by atoms with Gasteiger partial charge in [0.1, 0.15) is 23.2 Å². The highest BCUT2D eigenvalue weighted by Gasteiger charge is 2.38. The van der Waals surface area contributed by atoms with E-state index in [9.17, 15) is 5.11 Å². The number of methoxy groups -OCH3 is 2. The summed E-state index contributed by atoms with van der Waals surface area (Å²) in [6.45, 7) is 0.841. The Labute approximate surface area is 288 Å². The van der Waals surface area contributed by atoms with Crippen LogP contribution in [-0.4, -0.2) is 45.3 Å². The Kier molecular flexibility index (Phi) is 9.76. The standard InChI is InChI=1S/C44H42O5/c1-46-39-23-19-36(20-24-39)44(35-12-4-3-5-13-35,37-21-25-40(47-2)26-22-37)49-30-38(45)29-48-28-7-6-9-31-14-15-34-17-16-32-10-8-11-33-18-27-41(31)43(34)42(32)33/h3-5,8,10-27,38,45H,6-7,9,28-30H2,1-2H3. The first-order valence-electron chi connectivity index (χ1n) is 17.0. The van der Waals surface area contributed by atoms with Crippen LogP contribution in [0.5, 0.6) is 11.5 Å². The van der Waals surface area contributed by atoms with E-state index in [1.165, 1.54) is 37.9 Å². The molecule has 0 radical (unpaired) electrons. The first-order valence-corrected chi connectivity index (χ1v) is 17.0. The van der Waals surface area contributed by atoms with E-state index < -0.39 is 11.7 Å². The maximum Gasteiger partial charge on any atom is 0.143 e. The second-order valence-electron chi connectivity index (χ2n) is 12.6. The molecule has 7 rings (SSSR count). The van der Waals surface area contributed by atoms with Crippen LogP contribution < -0.4 is 9.47 Å². The highest BCUT2D eigenvalue weighted by molar-refractivity contribution is 6.23. The van der Waals surface area contributed by atoms with E-state index in [1.807, 2.05) is 66.7 Å². The van der Waals surface area contributed by atoms with E-state index >= 15 is 0 Å². The van der Waals surface area contributed by atoms with Gasteiger partial charge in [-0.15, -0.1) is 0 Å². The summed E-state index contributed by atoms with van der Waals surface area (Å²) in [4.78, 5) is 0. The molecule has 0 heterocycles. The number of rotatable bonds is 15. The molecule has 0 aliphatic rings. The summed E-state index contributed by atoms with van der Waals surface area (Å²) in [6, 6.07) is 45.9. The van der Waals surface area contributed by atoms with E-state index in [0.29, 0.717) is 6.61 Å². The van der Waals surface area contributed by atoms with Crippen LogP contribution in [0.2, 0.25) is 0 Å². The molecule has 0 aliphatic carbocycles. The quantitative estimate of drug-likeness (QED) is 0.0681. The molecule has 0 spiro atoms. The van der Waals surface area contributed by atoms with Gasteiger partial charge in [-0.1, -0.05) is 109 Å². The van der Waals surface area contributed by atoms with Crippen molar-refractivity contribution in [3.05, 3.63) is 156 Å². The molecule has 0 fully saturated rings. The summed E-state index contributed by atoms with van der Waals surface area (Å²) in [5.74, 6) is 1.51. The molecule has 0 saturated heterocycles. The number of hydrogen-bond acceptors (Lipinski definition) is 5. The number of ether oxygens (including phenoxy) is 4. The molecule has 49 heavy (non-hydrogen) atoms. The first kappa shape index (κ1) is 32.6. The van der Waals surface area contributed by atoms with E-state index in [0.717, 1.165) is 47.5 Å². The number of aryl methyl sites for hydroxylation is 1. The van der Waals surface area contributed by atoms with Gasteiger partial charge >= 0.3 is 0 Å². The molecular formula is C44H42O5. The highest BCUT2D eigenvalue weighted by atomic mass is 16.5. The molecule has 5 nitrogen and oxygen atoms in total. The zero-order chi connectivity index (χ0) is 33.6. The number of unbranched alkanes of at least 4 members (excludes halogenated alkanes) is 1. The van der Waals surface area contributed by atoms with E-state index in [-0.39, 0.29) is 13.2 Å². The van der Waals surface area contributed by atoms with Crippen LogP contribution in [0.3, 0.4) is 0 Å². The Morgan fingerprint density at radius 3 is 1.76 bits per heavy atom. The summed E-state index contributed by atoms with van der Waals surface area (Å²) < 4.78 is 23.7. The van der Waals surface area contributed by atoms with Gasteiger partial charge in [-0.3, -0.25) is 0 Å². The smallest absolute Gasteiger partial charge is 0.143 e. The lowest BCUT2D eigenvalue weighted by molar-refractivity contribution is -0.0641. The Morgan fingerprint density at radius 2 is 1.12 bits per heavy atom. The van der Waals surface area contributed by atoms with Crippen molar-refractivity contribution in [2.75, 3.05) is 34.0 Å². The monoisotopic (exact) mass is 650 g/mol. The summed E-state index contributed by atoms with van der Waals surface area (Å²) >= 11 is 0. The van der Waals surface area contributed by atoms with Gasteiger partial charge in [0.15, 0.2) is 0 Å². The fourth-order valence-electron chi connectivity index (χ4n) is 7.10. The van der Waals surface area contributed by atoms with E-state index in [4.69, 9.17) is 18.9 Å². The number of hydrogen-bond donors (Lipinski definition) is 1. The van der Waals surface area contributed by atoms with Crippen LogP contribution in [0.15, 0.2) is 133 Å². The van der Waals surface area contributed by atoms with Crippen LogP contribution in [-0.2, 0) is 21.5 Å². The third kappa shape index (κ3) is 6.58. The molecule has 7 aromatic carbocycles. The molecule has 1 N–H and O–H groups in total. The maximum atomic E-state index is 11.1. The zero-order valence-corrected chi connectivity index (χ0v) is 28.1. The van der Waals surface area contributed by atoms with Crippen molar-refractivity contribution in [3.63, 3.8) is 0 Å². The predicted octanol–water partition coefficient (Wildman–Crippen LogP) is 9.31. The third-order valence-corrected chi connectivity index (χ3v) is 9.58. The van der Waals surface area contributed by atoms with Crippen molar-refractivity contribution < 1.29 is 24.1 Å². The molecule has 0 amide bonds. The minimum absolute atomic E-state index is 0.0790. The van der Waals surface area contributed by atoms with Crippen molar-refractivity contribution >= 4 is 32.3 Å². The van der Waals surface area contributed by atoms with Gasteiger partial charge in [0.25, 0.3) is 0 Å². The Balaban J connectivity index is 1.01. The predicted molar refractivity (Wildman–Crippen MR) is 198 cm³/mol. The van der Waals surface area contributed by atoms with Crippen LogP contribution in [0.4, 0.5) is 0 Å². The number of aliphatic hydroxyl groups is 1. The zero-order valence-electron chi connectivity index (χ0n) is 28.1. The molecule has 0 saturated carbocycles. The summed E-state index contributed by atoms with van der Waals surface area (Å²) in [5.41, 5.74) is 3.18. The van der Waals surface area contributed by atoms with Gasteiger partial charge < -0.3 is 24.1 Å². The normalized spacial score (nSPS) is 12.6. The number of aliphatic hydroxyl groups excluding tert-OH is 1. The lowest BCUT2D eigenvalue weighted by atomic mass is 9.80. The van der Waals surface area contributed by atoms with E-state index in [2.05, 4.69) is 66.7 Å². The summed E-state index contributed by atoms with van der Waals surface area (Å²) in [6.07, 6.45) is 2.08. The second kappa shape index (κ2) is 14.7. The molecule has 5 heteroatoms. The Morgan fingerprint density at radius 1 is 0.551 bits per heavy atom. The van der Waals surface area contributed by atoms with Gasteiger partial charge in [0.2, 0.25) is 0 Å². The van der Waals surface area contributed by atoms with Crippen LogP contribution in [0, 0.1) is 0 Å². The molecular weight excluding hydrogens is 608 g/mol. The average Bonchev–Trinajstić information content (AvgIpc) is 3.16. The van der Waals surface area contributed by atoms with Gasteiger partial charge in [0, 0.05) is 6.61 Å². The van der Waals surface area contributed by atoms with Crippen molar-refractivity contribution in [2.45, 2.75) is 31.0 Å². The molecule has 0 aromatic heterocycles. The fourth-order valence-corrected chi connectivity index (χ4v) is 7.10. The molecule has 248 valence electrons. The SMILES string of the molecule is COc1ccc(C(OCC(O)COCCCCc2ccc3ccc4cccc5ccc2c3c45)(c2ccccc2)c2ccc(OC)cc2)cc1. The molecule has 1 atom stereocenters. The minimum atomic E-state index is -0.985. The fraction of sp³-hybridized carbons (Fsp3) is 0.227. The lowest BCUT2D eigenvalue weighted by Crippen LogP contribution is -2.36. The molecule has 7 aromatic rings. The largest absolute Gasteiger partial charge is 0.497 e. The van der Waals surface area contributed by atoms with Crippen molar-refractivity contribution in [1.82, 2.24) is 0 Å². The highest BCUT2D eigenvalue weighted by Crippen LogP contribution is 2.42. The minimum Gasteiger partial charge on any atom is -0.497 e. The maximum absolute atomic E-state index is 11.1. The average molecular weight is 651 g/mol. The van der Waals surface area contributed by atoms with Crippen LogP contribution in [0.25, 0.3) is 32.3 Å². The third-order valence-electron chi connectivity index (χ3n) is 9.58. The number of benzene rings is 7. The molecule has 0 bridgehead atoms.